The van der Waals surface area contributed by atoms with Gasteiger partial charge in [0.05, 0.1) is 18.7 Å². The Hall–Kier alpha value is -3.54. The molecule has 0 saturated carbocycles. The number of piperazine rings is 1. The zero-order valence-corrected chi connectivity index (χ0v) is 17.8. The number of methoxy groups -OCH3 is 1. The lowest BCUT2D eigenvalue weighted by Gasteiger charge is -2.42. The second kappa shape index (κ2) is 8.54. The largest absolute Gasteiger partial charge is 0.495 e. The van der Waals surface area contributed by atoms with Gasteiger partial charge in [-0.3, -0.25) is 9.78 Å². The molecule has 32 heavy (non-hydrogen) atoms. The third-order valence-corrected chi connectivity index (χ3v) is 6.08. The van der Waals surface area contributed by atoms with E-state index in [-0.39, 0.29) is 17.8 Å². The number of anilines is 1. The molecule has 2 unspecified atom stereocenters. The summed E-state index contributed by atoms with van der Waals surface area (Å²) in [5, 5.41) is 8.98. The zero-order chi connectivity index (χ0) is 22.9. The molecular formula is C23H23F2N5O2. The van der Waals surface area contributed by atoms with E-state index < -0.39 is 17.5 Å². The number of nitriles is 1. The SMILES string of the molecule is COc1cccnc1C(F)(F)/C=C/C(=O)N1CC2C[C@H](C)C(C1)N2c1ccc(C#N)cn1. The van der Waals surface area contributed by atoms with E-state index in [1.54, 1.807) is 11.0 Å². The lowest BCUT2D eigenvalue weighted by atomic mass is 10.0. The van der Waals surface area contributed by atoms with E-state index in [4.69, 9.17) is 10.00 Å². The molecule has 4 rings (SSSR count). The first-order chi connectivity index (χ1) is 15.3. The van der Waals surface area contributed by atoms with Gasteiger partial charge in [0.25, 0.3) is 0 Å². The van der Waals surface area contributed by atoms with Crippen molar-refractivity contribution in [2.45, 2.75) is 31.4 Å². The van der Waals surface area contributed by atoms with Gasteiger partial charge in [-0.05, 0) is 42.7 Å². The molecule has 2 saturated heterocycles. The molecule has 1 amide bonds. The molecule has 2 aliphatic rings. The standard InChI is InChI=1S/C23H23F2N5O2/c1-15-10-17-13-29(14-18(15)30(17)20-6-5-16(11-26)12-28-20)21(31)7-8-23(24,25)22-19(32-2)4-3-9-27-22/h3-9,12,15,17-18H,10,13-14H2,1-2H3/b8-7+/t15-,17?,18?/m0/s1. The van der Waals surface area contributed by atoms with Crippen LogP contribution in [0, 0.1) is 17.2 Å². The van der Waals surface area contributed by atoms with Crippen LogP contribution in [0.25, 0.3) is 0 Å². The summed E-state index contributed by atoms with van der Waals surface area (Å²) in [7, 11) is 1.30. The number of pyridine rings is 2. The first-order valence-corrected chi connectivity index (χ1v) is 10.3. The number of nitrogens with zero attached hydrogens (tertiary/aromatic N) is 5. The lowest BCUT2D eigenvalue weighted by molar-refractivity contribution is -0.127. The number of alkyl halides is 2. The number of likely N-dealkylation sites (tertiary alicyclic amines) is 1. The number of rotatable bonds is 5. The Morgan fingerprint density at radius 1 is 1.31 bits per heavy atom. The maximum Gasteiger partial charge on any atom is 0.312 e. The topological polar surface area (TPSA) is 82.4 Å². The van der Waals surface area contributed by atoms with E-state index >= 15 is 0 Å². The van der Waals surface area contributed by atoms with Crippen LogP contribution in [0.5, 0.6) is 5.75 Å². The molecule has 2 bridgehead atoms. The van der Waals surface area contributed by atoms with E-state index in [0.717, 1.165) is 18.3 Å². The third kappa shape index (κ3) is 4.00. The van der Waals surface area contributed by atoms with E-state index in [0.29, 0.717) is 30.6 Å². The van der Waals surface area contributed by atoms with Gasteiger partial charge in [-0.25, -0.2) is 4.98 Å². The van der Waals surface area contributed by atoms with Gasteiger partial charge in [0, 0.05) is 37.6 Å². The van der Waals surface area contributed by atoms with Crippen LogP contribution in [0.2, 0.25) is 0 Å². The number of ether oxygens (including phenoxy) is 1. The Labute approximate surface area is 184 Å². The third-order valence-electron chi connectivity index (χ3n) is 6.08. The molecule has 2 aromatic rings. The molecule has 9 heteroatoms. The highest BCUT2D eigenvalue weighted by atomic mass is 19.3. The molecule has 0 radical (unpaired) electrons. The molecule has 2 aliphatic heterocycles. The van der Waals surface area contributed by atoms with Gasteiger partial charge >= 0.3 is 5.92 Å². The second-order valence-electron chi connectivity index (χ2n) is 8.11. The summed E-state index contributed by atoms with van der Waals surface area (Å²) in [6.07, 6.45) is 5.18. The summed E-state index contributed by atoms with van der Waals surface area (Å²) in [6, 6.07) is 8.57. The Bertz CT molecular complexity index is 1070. The smallest absolute Gasteiger partial charge is 0.312 e. The number of carbonyl (C=O) groups is 1. The zero-order valence-electron chi connectivity index (χ0n) is 17.8. The van der Waals surface area contributed by atoms with Crippen LogP contribution in [0.3, 0.4) is 0 Å². The molecule has 166 valence electrons. The Kier molecular flexibility index (Phi) is 5.78. The van der Waals surface area contributed by atoms with Crippen molar-refractivity contribution in [2.75, 3.05) is 25.1 Å². The van der Waals surface area contributed by atoms with Crippen LogP contribution < -0.4 is 9.64 Å². The summed E-state index contributed by atoms with van der Waals surface area (Å²) in [4.78, 5) is 24.7. The molecule has 0 aromatic carbocycles. The predicted octanol–water partition coefficient (Wildman–Crippen LogP) is 3.13. The molecule has 0 aliphatic carbocycles. The molecule has 0 N–H and O–H groups in total. The van der Waals surface area contributed by atoms with Gasteiger partial charge in [-0.2, -0.15) is 14.0 Å². The van der Waals surface area contributed by atoms with Crippen molar-refractivity contribution in [1.29, 1.82) is 5.26 Å². The van der Waals surface area contributed by atoms with Crippen LogP contribution in [0.15, 0.2) is 48.8 Å². The Morgan fingerprint density at radius 2 is 2.12 bits per heavy atom. The van der Waals surface area contributed by atoms with E-state index in [1.165, 1.54) is 31.6 Å². The van der Waals surface area contributed by atoms with Crippen molar-refractivity contribution in [3.63, 3.8) is 0 Å². The quantitative estimate of drug-likeness (QED) is 0.666. The van der Waals surface area contributed by atoms with Crippen LogP contribution >= 0.6 is 0 Å². The Balaban J connectivity index is 1.49. The average Bonchev–Trinajstić information content (AvgIpc) is 3.01. The van der Waals surface area contributed by atoms with Gasteiger partial charge in [-0.15, -0.1) is 0 Å². The van der Waals surface area contributed by atoms with E-state index in [1.807, 2.05) is 6.07 Å². The molecule has 2 aromatic heterocycles. The second-order valence-corrected chi connectivity index (χ2v) is 8.11. The van der Waals surface area contributed by atoms with Crippen molar-refractivity contribution in [3.05, 3.63) is 60.1 Å². The first kappa shape index (κ1) is 21.7. The molecule has 0 spiro atoms. The maximum atomic E-state index is 14.7. The number of carbonyl (C=O) groups excluding carboxylic acids is 1. The fraction of sp³-hybridized carbons (Fsp3) is 0.391. The van der Waals surface area contributed by atoms with Crippen molar-refractivity contribution in [3.8, 4) is 11.8 Å². The number of aromatic nitrogens is 2. The van der Waals surface area contributed by atoms with Gasteiger partial charge in [0.2, 0.25) is 5.91 Å². The number of fused-ring (bicyclic) bond motifs is 2. The fourth-order valence-corrected chi connectivity index (χ4v) is 4.54. The summed E-state index contributed by atoms with van der Waals surface area (Å²) in [5.41, 5.74) is -0.0458. The monoisotopic (exact) mass is 439 g/mol. The lowest BCUT2D eigenvalue weighted by Crippen LogP contribution is -2.56. The van der Waals surface area contributed by atoms with E-state index in [2.05, 4.69) is 27.9 Å². The van der Waals surface area contributed by atoms with Crippen LogP contribution in [0.1, 0.15) is 24.6 Å². The van der Waals surface area contributed by atoms with Gasteiger partial charge < -0.3 is 14.5 Å². The van der Waals surface area contributed by atoms with Crippen LogP contribution in [-0.4, -0.2) is 53.1 Å². The molecule has 3 atom stereocenters. The highest BCUT2D eigenvalue weighted by molar-refractivity contribution is 5.88. The first-order valence-electron chi connectivity index (χ1n) is 10.3. The normalized spacial score (nSPS) is 22.8. The number of hydrogen-bond donors (Lipinski definition) is 0. The van der Waals surface area contributed by atoms with Crippen LogP contribution in [0.4, 0.5) is 14.6 Å². The summed E-state index contributed by atoms with van der Waals surface area (Å²) in [6.45, 7) is 2.96. The molecule has 2 fully saturated rings. The maximum absolute atomic E-state index is 14.7. The molecular weight excluding hydrogens is 416 g/mol. The summed E-state index contributed by atoms with van der Waals surface area (Å²) >= 11 is 0. The van der Waals surface area contributed by atoms with Gasteiger partial charge in [-0.1, -0.05) is 6.92 Å². The molecule has 7 nitrogen and oxygen atoms in total. The fourth-order valence-electron chi connectivity index (χ4n) is 4.54. The number of hydrogen-bond acceptors (Lipinski definition) is 6. The number of amides is 1. The van der Waals surface area contributed by atoms with Crippen molar-refractivity contribution < 1.29 is 18.3 Å². The van der Waals surface area contributed by atoms with Gasteiger partial charge in [0.1, 0.15) is 17.6 Å². The van der Waals surface area contributed by atoms with Crippen molar-refractivity contribution in [1.82, 2.24) is 14.9 Å². The minimum atomic E-state index is -3.44. The minimum Gasteiger partial charge on any atom is -0.495 e. The van der Waals surface area contributed by atoms with Crippen LogP contribution in [-0.2, 0) is 10.7 Å². The van der Waals surface area contributed by atoms with Crippen molar-refractivity contribution >= 4 is 11.7 Å². The summed E-state index contributed by atoms with van der Waals surface area (Å²) in [5.74, 6) is -2.86. The van der Waals surface area contributed by atoms with E-state index in [9.17, 15) is 13.6 Å². The van der Waals surface area contributed by atoms with Gasteiger partial charge in [0.15, 0.2) is 5.69 Å². The highest BCUT2D eigenvalue weighted by Crippen LogP contribution is 2.38. The minimum absolute atomic E-state index is 0.0305. The molecule has 4 heterocycles. The Morgan fingerprint density at radius 3 is 2.78 bits per heavy atom. The number of halogens is 2. The average molecular weight is 439 g/mol. The number of allylic oxidation sites excluding steroid dienone is 1. The highest BCUT2D eigenvalue weighted by Gasteiger charge is 2.46. The van der Waals surface area contributed by atoms with Crippen molar-refractivity contribution in [2.24, 2.45) is 5.92 Å². The summed E-state index contributed by atoms with van der Waals surface area (Å²) < 4.78 is 34.3. The predicted molar refractivity (Wildman–Crippen MR) is 113 cm³/mol.